The highest BCUT2D eigenvalue weighted by Gasteiger charge is 2.35. The molecule has 1 aromatic rings. The van der Waals surface area contributed by atoms with Crippen LogP contribution in [0.3, 0.4) is 0 Å². The SMILES string of the molecule is CC(C)c1ccc(C(C#N)C(=O)C2CCOC2C)cc1. The second-order valence-electron chi connectivity index (χ2n) is 5.76. The van der Waals surface area contributed by atoms with Gasteiger partial charge in [0.25, 0.3) is 0 Å². The summed E-state index contributed by atoms with van der Waals surface area (Å²) in [5.41, 5.74) is 2.01. The number of rotatable bonds is 4. The molecule has 3 unspecified atom stereocenters. The van der Waals surface area contributed by atoms with Crippen LogP contribution >= 0.6 is 0 Å². The number of nitrogens with zero attached hydrogens (tertiary/aromatic N) is 1. The van der Waals surface area contributed by atoms with Crippen LogP contribution < -0.4 is 0 Å². The van der Waals surface area contributed by atoms with Crippen molar-refractivity contribution in [1.82, 2.24) is 0 Å². The Morgan fingerprint density at radius 2 is 1.90 bits per heavy atom. The minimum atomic E-state index is -0.676. The zero-order valence-electron chi connectivity index (χ0n) is 12.3. The fourth-order valence-electron chi connectivity index (χ4n) is 2.70. The minimum absolute atomic E-state index is 0.00482. The number of ether oxygens (including phenoxy) is 1. The first kappa shape index (κ1) is 14.7. The summed E-state index contributed by atoms with van der Waals surface area (Å²) in [4.78, 5) is 12.5. The summed E-state index contributed by atoms with van der Waals surface area (Å²) < 4.78 is 5.44. The van der Waals surface area contributed by atoms with Crippen LogP contribution in [0.25, 0.3) is 0 Å². The van der Waals surface area contributed by atoms with Gasteiger partial charge in [-0.05, 0) is 30.4 Å². The fourth-order valence-corrected chi connectivity index (χ4v) is 2.70. The van der Waals surface area contributed by atoms with Gasteiger partial charge in [0.2, 0.25) is 0 Å². The maximum absolute atomic E-state index is 12.5. The van der Waals surface area contributed by atoms with Crippen molar-refractivity contribution in [1.29, 1.82) is 5.26 Å². The normalized spacial score (nSPS) is 23.6. The van der Waals surface area contributed by atoms with E-state index in [9.17, 15) is 10.1 Å². The third-order valence-corrected chi connectivity index (χ3v) is 4.09. The predicted octanol–water partition coefficient (Wildman–Crippen LogP) is 3.41. The Hall–Kier alpha value is -1.66. The van der Waals surface area contributed by atoms with Gasteiger partial charge in [0.15, 0.2) is 5.78 Å². The Bertz CT molecular complexity index is 513. The summed E-state index contributed by atoms with van der Waals surface area (Å²) in [5, 5.41) is 9.36. The number of nitriles is 1. The van der Waals surface area contributed by atoms with E-state index in [0.29, 0.717) is 12.5 Å². The largest absolute Gasteiger partial charge is 0.378 e. The summed E-state index contributed by atoms with van der Waals surface area (Å²) in [6.45, 7) is 6.77. The number of benzene rings is 1. The molecule has 1 saturated heterocycles. The van der Waals surface area contributed by atoms with E-state index in [4.69, 9.17) is 4.74 Å². The van der Waals surface area contributed by atoms with E-state index in [-0.39, 0.29) is 17.8 Å². The molecule has 0 spiro atoms. The molecule has 1 fully saturated rings. The molecule has 1 heterocycles. The van der Waals surface area contributed by atoms with Gasteiger partial charge in [0, 0.05) is 12.5 Å². The maximum Gasteiger partial charge on any atom is 0.160 e. The first-order valence-corrected chi connectivity index (χ1v) is 7.19. The molecule has 0 N–H and O–H groups in total. The zero-order valence-corrected chi connectivity index (χ0v) is 12.3. The van der Waals surface area contributed by atoms with Gasteiger partial charge in [-0.2, -0.15) is 5.26 Å². The van der Waals surface area contributed by atoms with E-state index >= 15 is 0 Å². The molecular weight excluding hydrogens is 250 g/mol. The lowest BCUT2D eigenvalue weighted by Crippen LogP contribution is -2.26. The fraction of sp³-hybridized carbons (Fsp3) is 0.529. The average molecular weight is 271 g/mol. The van der Waals surface area contributed by atoms with Crippen molar-refractivity contribution in [2.24, 2.45) is 5.92 Å². The molecule has 3 heteroatoms. The molecule has 1 aliphatic heterocycles. The zero-order chi connectivity index (χ0) is 14.7. The number of ketones is 1. The Labute approximate surface area is 120 Å². The van der Waals surface area contributed by atoms with Crippen LogP contribution in [0.5, 0.6) is 0 Å². The molecule has 3 nitrogen and oxygen atoms in total. The molecule has 0 saturated carbocycles. The van der Waals surface area contributed by atoms with Crippen LogP contribution in [0.1, 0.15) is 50.2 Å². The second kappa shape index (κ2) is 6.19. The van der Waals surface area contributed by atoms with Crippen molar-refractivity contribution in [3.05, 3.63) is 35.4 Å². The molecule has 1 aromatic carbocycles. The molecule has 20 heavy (non-hydrogen) atoms. The standard InChI is InChI=1S/C17H21NO2/c1-11(2)13-4-6-14(7-5-13)16(10-18)17(19)15-8-9-20-12(15)3/h4-7,11-12,15-16H,8-9H2,1-3H3. The van der Waals surface area contributed by atoms with E-state index in [2.05, 4.69) is 19.9 Å². The van der Waals surface area contributed by atoms with Gasteiger partial charge < -0.3 is 4.74 Å². The van der Waals surface area contributed by atoms with Crippen molar-refractivity contribution in [2.45, 2.75) is 45.1 Å². The van der Waals surface area contributed by atoms with E-state index in [1.165, 1.54) is 5.56 Å². The molecule has 106 valence electrons. The lowest BCUT2D eigenvalue weighted by atomic mass is 9.84. The first-order valence-electron chi connectivity index (χ1n) is 7.19. The van der Waals surface area contributed by atoms with Crippen molar-refractivity contribution in [2.75, 3.05) is 6.61 Å². The van der Waals surface area contributed by atoms with Gasteiger partial charge in [-0.1, -0.05) is 38.1 Å². The highest BCUT2D eigenvalue weighted by Crippen LogP contribution is 2.29. The maximum atomic E-state index is 12.5. The van der Waals surface area contributed by atoms with Crippen molar-refractivity contribution >= 4 is 5.78 Å². The summed E-state index contributed by atoms with van der Waals surface area (Å²) in [6.07, 6.45) is 0.649. The monoisotopic (exact) mass is 271 g/mol. The molecular formula is C17H21NO2. The molecule has 0 aliphatic carbocycles. The highest BCUT2D eigenvalue weighted by molar-refractivity contribution is 5.91. The Morgan fingerprint density at radius 3 is 2.35 bits per heavy atom. The highest BCUT2D eigenvalue weighted by atomic mass is 16.5. The van der Waals surface area contributed by atoms with Gasteiger partial charge in [-0.15, -0.1) is 0 Å². The van der Waals surface area contributed by atoms with Crippen LogP contribution in [-0.2, 0) is 9.53 Å². The van der Waals surface area contributed by atoms with E-state index in [0.717, 1.165) is 12.0 Å². The van der Waals surface area contributed by atoms with E-state index in [1.54, 1.807) is 0 Å². The van der Waals surface area contributed by atoms with Gasteiger partial charge >= 0.3 is 0 Å². The summed E-state index contributed by atoms with van der Waals surface area (Å²) >= 11 is 0. The molecule has 0 aromatic heterocycles. The number of carbonyl (C=O) groups excluding carboxylic acids is 1. The molecule has 0 amide bonds. The minimum Gasteiger partial charge on any atom is -0.378 e. The predicted molar refractivity (Wildman–Crippen MR) is 77.4 cm³/mol. The summed E-state index contributed by atoms with van der Waals surface area (Å²) in [6, 6.07) is 9.98. The van der Waals surface area contributed by atoms with Crippen LogP contribution in [0.4, 0.5) is 0 Å². The number of carbonyl (C=O) groups is 1. The smallest absolute Gasteiger partial charge is 0.160 e. The third-order valence-electron chi connectivity index (χ3n) is 4.09. The molecule has 0 bridgehead atoms. The molecule has 0 radical (unpaired) electrons. The topological polar surface area (TPSA) is 50.1 Å². The average Bonchev–Trinajstić information content (AvgIpc) is 2.86. The summed E-state index contributed by atoms with van der Waals surface area (Å²) in [7, 11) is 0. The van der Waals surface area contributed by atoms with Crippen LogP contribution in [0.2, 0.25) is 0 Å². The number of Topliss-reactive ketones (excluding diaryl/α,β-unsaturated/α-hetero) is 1. The number of hydrogen-bond donors (Lipinski definition) is 0. The van der Waals surface area contributed by atoms with E-state index in [1.807, 2.05) is 31.2 Å². The lowest BCUT2D eigenvalue weighted by molar-refractivity contribution is -0.124. The van der Waals surface area contributed by atoms with Crippen LogP contribution in [0.15, 0.2) is 24.3 Å². The van der Waals surface area contributed by atoms with Gasteiger partial charge in [-0.3, -0.25) is 4.79 Å². The van der Waals surface area contributed by atoms with Crippen LogP contribution in [-0.4, -0.2) is 18.5 Å². The molecule has 1 aliphatic rings. The third kappa shape index (κ3) is 2.91. The number of hydrogen-bond acceptors (Lipinski definition) is 3. The first-order chi connectivity index (χ1) is 9.54. The lowest BCUT2D eigenvalue weighted by Gasteiger charge is -2.17. The Kier molecular flexibility index (Phi) is 4.57. The van der Waals surface area contributed by atoms with Crippen molar-refractivity contribution in [3.8, 4) is 6.07 Å². The van der Waals surface area contributed by atoms with E-state index < -0.39 is 5.92 Å². The van der Waals surface area contributed by atoms with Crippen molar-refractivity contribution < 1.29 is 9.53 Å². The quantitative estimate of drug-likeness (QED) is 0.843. The second-order valence-corrected chi connectivity index (χ2v) is 5.76. The Morgan fingerprint density at radius 1 is 1.30 bits per heavy atom. The van der Waals surface area contributed by atoms with Crippen molar-refractivity contribution in [3.63, 3.8) is 0 Å². The van der Waals surface area contributed by atoms with Gasteiger partial charge in [-0.25, -0.2) is 0 Å². The molecule has 3 atom stereocenters. The molecule has 2 rings (SSSR count). The van der Waals surface area contributed by atoms with Gasteiger partial charge in [0.05, 0.1) is 12.2 Å². The van der Waals surface area contributed by atoms with Gasteiger partial charge in [0.1, 0.15) is 5.92 Å². The van der Waals surface area contributed by atoms with Crippen LogP contribution in [0, 0.1) is 17.2 Å². The Balaban J connectivity index is 2.19. The summed E-state index contributed by atoms with van der Waals surface area (Å²) in [5.74, 6) is -0.381.